The van der Waals surface area contributed by atoms with Crippen LogP contribution in [0.5, 0.6) is 0 Å². The minimum absolute atomic E-state index is 0.0853. The van der Waals surface area contributed by atoms with Gasteiger partial charge in [-0.2, -0.15) is 0 Å². The molecule has 1 atom stereocenters. The highest BCUT2D eigenvalue weighted by atomic mass is 32.2. The molecule has 0 aromatic heterocycles. The Morgan fingerprint density at radius 1 is 1.35 bits per heavy atom. The van der Waals surface area contributed by atoms with Crippen LogP contribution in [0.15, 0.2) is 23.1 Å². The summed E-state index contributed by atoms with van der Waals surface area (Å²) < 4.78 is 27.4. The summed E-state index contributed by atoms with van der Waals surface area (Å²) in [6.07, 6.45) is 0.962. The summed E-state index contributed by atoms with van der Waals surface area (Å²) in [5.74, 6) is 0.268. The van der Waals surface area contributed by atoms with Crippen LogP contribution in [0.2, 0.25) is 0 Å². The van der Waals surface area contributed by atoms with Gasteiger partial charge in [0, 0.05) is 18.8 Å². The molecule has 2 rings (SSSR count). The summed E-state index contributed by atoms with van der Waals surface area (Å²) in [6.45, 7) is 9.75. The SMILES string of the molecule is CC(CNS(=O)(=O)c1ccc2c(c1)NCC2)C(C)(C)C. The van der Waals surface area contributed by atoms with Gasteiger partial charge in [0.1, 0.15) is 0 Å². The fourth-order valence-electron chi connectivity index (χ4n) is 2.06. The number of hydrogen-bond acceptors (Lipinski definition) is 3. The number of benzene rings is 1. The van der Waals surface area contributed by atoms with Gasteiger partial charge < -0.3 is 5.32 Å². The van der Waals surface area contributed by atoms with Crippen molar-refractivity contribution in [3.8, 4) is 0 Å². The van der Waals surface area contributed by atoms with E-state index in [1.54, 1.807) is 12.1 Å². The second kappa shape index (κ2) is 5.37. The van der Waals surface area contributed by atoms with Gasteiger partial charge in [0.2, 0.25) is 10.0 Å². The molecule has 0 aliphatic carbocycles. The zero-order chi connectivity index (χ0) is 15.0. The van der Waals surface area contributed by atoms with Crippen LogP contribution < -0.4 is 10.0 Å². The molecule has 1 aliphatic heterocycles. The van der Waals surface area contributed by atoms with Gasteiger partial charge in [-0.25, -0.2) is 13.1 Å². The van der Waals surface area contributed by atoms with Crippen LogP contribution in [-0.2, 0) is 16.4 Å². The number of hydrogen-bond donors (Lipinski definition) is 2. The van der Waals surface area contributed by atoms with Crippen LogP contribution in [-0.4, -0.2) is 21.5 Å². The molecule has 1 aromatic carbocycles. The van der Waals surface area contributed by atoms with Crippen LogP contribution >= 0.6 is 0 Å². The third-order valence-corrected chi connectivity index (χ3v) is 5.58. The molecule has 0 spiro atoms. The lowest BCUT2D eigenvalue weighted by Crippen LogP contribution is -2.33. The molecule has 0 radical (unpaired) electrons. The Balaban J connectivity index is 2.11. The highest BCUT2D eigenvalue weighted by Crippen LogP contribution is 2.27. The number of rotatable bonds is 4. The van der Waals surface area contributed by atoms with Crippen molar-refractivity contribution in [2.24, 2.45) is 11.3 Å². The van der Waals surface area contributed by atoms with Crippen molar-refractivity contribution < 1.29 is 8.42 Å². The highest BCUT2D eigenvalue weighted by Gasteiger charge is 2.23. The van der Waals surface area contributed by atoms with Crippen LogP contribution in [0.25, 0.3) is 0 Å². The number of nitrogens with one attached hydrogen (secondary N) is 2. The van der Waals surface area contributed by atoms with Crippen LogP contribution in [0.1, 0.15) is 33.3 Å². The molecule has 0 saturated carbocycles. The summed E-state index contributed by atoms with van der Waals surface area (Å²) in [4.78, 5) is 0.340. The molecule has 20 heavy (non-hydrogen) atoms. The summed E-state index contributed by atoms with van der Waals surface area (Å²) in [5.41, 5.74) is 2.21. The predicted molar refractivity (Wildman–Crippen MR) is 82.4 cm³/mol. The van der Waals surface area contributed by atoms with E-state index in [0.29, 0.717) is 11.4 Å². The van der Waals surface area contributed by atoms with E-state index in [9.17, 15) is 8.42 Å². The monoisotopic (exact) mass is 296 g/mol. The lowest BCUT2D eigenvalue weighted by molar-refractivity contribution is 0.263. The molecule has 4 nitrogen and oxygen atoms in total. The van der Waals surface area contributed by atoms with Gasteiger partial charge in [0.15, 0.2) is 0 Å². The molecule has 5 heteroatoms. The maximum absolute atomic E-state index is 12.3. The van der Waals surface area contributed by atoms with E-state index in [1.165, 1.54) is 5.56 Å². The smallest absolute Gasteiger partial charge is 0.240 e. The van der Waals surface area contributed by atoms with Gasteiger partial charge in [0.05, 0.1) is 4.90 Å². The molecule has 0 amide bonds. The van der Waals surface area contributed by atoms with Crippen molar-refractivity contribution in [1.29, 1.82) is 0 Å². The van der Waals surface area contributed by atoms with Gasteiger partial charge in [-0.3, -0.25) is 0 Å². The number of fused-ring (bicyclic) bond motifs is 1. The van der Waals surface area contributed by atoms with E-state index in [1.807, 2.05) is 6.07 Å². The fourth-order valence-corrected chi connectivity index (χ4v) is 3.22. The molecular formula is C15H24N2O2S. The minimum atomic E-state index is -3.43. The average Bonchev–Trinajstić information content (AvgIpc) is 2.81. The van der Waals surface area contributed by atoms with E-state index in [0.717, 1.165) is 18.7 Å². The van der Waals surface area contributed by atoms with E-state index in [4.69, 9.17) is 0 Å². The molecule has 112 valence electrons. The standard InChI is InChI=1S/C15H24N2O2S/c1-11(15(2,3)4)10-17-20(18,19)13-6-5-12-7-8-16-14(12)9-13/h5-6,9,11,16-17H,7-8,10H2,1-4H3. The Morgan fingerprint density at radius 3 is 2.70 bits per heavy atom. The van der Waals surface area contributed by atoms with Gasteiger partial charge in [0.25, 0.3) is 0 Å². The van der Waals surface area contributed by atoms with Crippen LogP contribution in [0.4, 0.5) is 5.69 Å². The molecule has 0 saturated heterocycles. The molecule has 2 N–H and O–H groups in total. The fraction of sp³-hybridized carbons (Fsp3) is 0.600. The zero-order valence-electron chi connectivity index (χ0n) is 12.7. The van der Waals surface area contributed by atoms with Crippen LogP contribution in [0, 0.1) is 11.3 Å². The second-order valence-electron chi connectivity index (χ2n) is 6.61. The molecular weight excluding hydrogens is 272 g/mol. The van der Waals surface area contributed by atoms with Crippen molar-refractivity contribution >= 4 is 15.7 Å². The normalized spacial score (nSPS) is 16.6. The largest absolute Gasteiger partial charge is 0.384 e. The Labute approximate surface area is 122 Å². The van der Waals surface area contributed by atoms with Crippen molar-refractivity contribution in [2.45, 2.75) is 39.0 Å². The molecule has 0 fully saturated rings. The third-order valence-electron chi connectivity index (χ3n) is 4.16. The Hall–Kier alpha value is -1.07. The lowest BCUT2D eigenvalue weighted by Gasteiger charge is -2.27. The number of sulfonamides is 1. The lowest BCUT2D eigenvalue weighted by atomic mass is 9.82. The second-order valence-corrected chi connectivity index (χ2v) is 8.38. The summed E-state index contributed by atoms with van der Waals surface area (Å²) in [7, 11) is -3.43. The first-order valence-corrected chi connectivity index (χ1v) is 8.55. The third kappa shape index (κ3) is 3.33. The van der Waals surface area contributed by atoms with Gasteiger partial charge >= 0.3 is 0 Å². The van der Waals surface area contributed by atoms with E-state index in [2.05, 4.69) is 37.7 Å². The first-order chi connectivity index (χ1) is 9.20. The maximum Gasteiger partial charge on any atom is 0.240 e. The maximum atomic E-state index is 12.3. The highest BCUT2D eigenvalue weighted by molar-refractivity contribution is 7.89. The minimum Gasteiger partial charge on any atom is -0.384 e. The molecule has 1 aliphatic rings. The molecule has 1 aromatic rings. The van der Waals surface area contributed by atoms with Gasteiger partial charge in [-0.15, -0.1) is 0 Å². The van der Waals surface area contributed by atoms with Gasteiger partial charge in [-0.1, -0.05) is 33.8 Å². The first kappa shape index (κ1) is 15.3. The van der Waals surface area contributed by atoms with Crippen molar-refractivity contribution in [3.05, 3.63) is 23.8 Å². The molecule has 1 unspecified atom stereocenters. The first-order valence-electron chi connectivity index (χ1n) is 7.06. The zero-order valence-corrected chi connectivity index (χ0v) is 13.5. The number of anilines is 1. The molecule has 0 bridgehead atoms. The van der Waals surface area contributed by atoms with E-state index < -0.39 is 10.0 Å². The summed E-state index contributed by atoms with van der Waals surface area (Å²) in [6, 6.07) is 5.32. The average molecular weight is 296 g/mol. The predicted octanol–water partition coefficient (Wildman–Crippen LogP) is 2.62. The summed E-state index contributed by atoms with van der Waals surface area (Å²) >= 11 is 0. The van der Waals surface area contributed by atoms with E-state index in [-0.39, 0.29) is 11.3 Å². The van der Waals surface area contributed by atoms with Crippen molar-refractivity contribution in [3.63, 3.8) is 0 Å². The Morgan fingerprint density at radius 2 is 2.05 bits per heavy atom. The van der Waals surface area contributed by atoms with Gasteiger partial charge in [-0.05, 0) is 35.4 Å². The Bertz CT molecular complexity index is 588. The quantitative estimate of drug-likeness (QED) is 0.898. The molecule has 1 heterocycles. The van der Waals surface area contributed by atoms with Crippen LogP contribution in [0.3, 0.4) is 0 Å². The topological polar surface area (TPSA) is 58.2 Å². The summed E-state index contributed by atoms with van der Waals surface area (Å²) in [5, 5.41) is 3.21. The Kier molecular flexibility index (Phi) is 4.12. The van der Waals surface area contributed by atoms with E-state index >= 15 is 0 Å². The van der Waals surface area contributed by atoms with Crippen molar-refractivity contribution in [1.82, 2.24) is 4.72 Å². The van der Waals surface area contributed by atoms with Crippen molar-refractivity contribution in [2.75, 3.05) is 18.4 Å².